The van der Waals surface area contributed by atoms with E-state index >= 15 is 0 Å². The zero-order chi connectivity index (χ0) is 17.9. The van der Waals surface area contributed by atoms with Crippen molar-refractivity contribution in [2.45, 2.75) is 6.10 Å². The van der Waals surface area contributed by atoms with E-state index in [9.17, 15) is 5.11 Å². The van der Waals surface area contributed by atoms with Crippen LogP contribution < -0.4 is 19.3 Å². The zero-order valence-electron chi connectivity index (χ0n) is 15.2. The van der Waals surface area contributed by atoms with Crippen molar-refractivity contribution in [3.05, 3.63) is 47.5 Å². The van der Waals surface area contributed by atoms with Crippen molar-refractivity contribution in [2.24, 2.45) is 0 Å². The molecule has 0 aliphatic heterocycles. The molecule has 0 heterocycles. The van der Waals surface area contributed by atoms with Crippen molar-refractivity contribution in [1.29, 1.82) is 0 Å². The lowest BCUT2D eigenvalue weighted by Crippen LogP contribution is -2.11. The highest BCUT2D eigenvalue weighted by Gasteiger charge is 2.20. The molecule has 0 unspecified atom stereocenters. The van der Waals surface area contributed by atoms with Crippen LogP contribution in [0.3, 0.4) is 0 Å². The molecule has 0 atom stereocenters. The third kappa shape index (κ3) is 3.57. The molecule has 0 saturated heterocycles. The molecule has 2 rings (SSSR count). The topological polar surface area (TPSA) is 45.2 Å². The van der Waals surface area contributed by atoms with E-state index in [1.54, 1.807) is 14.2 Å². The van der Waals surface area contributed by atoms with E-state index < -0.39 is 6.10 Å². The van der Waals surface area contributed by atoms with Gasteiger partial charge in [-0.3, -0.25) is 0 Å². The monoisotopic (exact) mass is 330 g/mol. The molecule has 0 bridgehead atoms. The van der Waals surface area contributed by atoms with Gasteiger partial charge in [0.15, 0.2) is 0 Å². The molecule has 2 aromatic carbocycles. The van der Waals surface area contributed by atoms with Gasteiger partial charge in [0.1, 0.15) is 17.6 Å². The maximum absolute atomic E-state index is 10.9. The van der Waals surface area contributed by atoms with Crippen LogP contribution in [0.15, 0.2) is 36.4 Å². The average molecular weight is 330 g/mol. The average Bonchev–Trinajstić information content (AvgIpc) is 2.59. The van der Waals surface area contributed by atoms with Crippen LogP contribution in [0.2, 0.25) is 0 Å². The summed E-state index contributed by atoms with van der Waals surface area (Å²) in [6, 6.07) is 11.5. The van der Waals surface area contributed by atoms with Crippen molar-refractivity contribution in [3.63, 3.8) is 0 Å². The summed E-state index contributed by atoms with van der Waals surface area (Å²) in [6.07, 6.45) is -0.831. The van der Waals surface area contributed by atoms with Crippen LogP contribution in [0.5, 0.6) is 11.5 Å². The van der Waals surface area contributed by atoms with E-state index in [-0.39, 0.29) is 0 Å². The molecule has 130 valence electrons. The Balaban J connectivity index is 2.46. The third-order valence-corrected chi connectivity index (χ3v) is 4.06. The molecular weight excluding hydrogens is 304 g/mol. The van der Waals surface area contributed by atoms with E-state index in [0.29, 0.717) is 22.6 Å². The largest absolute Gasteiger partial charge is 0.496 e. The maximum Gasteiger partial charge on any atom is 0.127 e. The van der Waals surface area contributed by atoms with E-state index in [0.717, 1.165) is 11.4 Å². The smallest absolute Gasteiger partial charge is 0.127 e. The summed E-state index contributed by atoms with van der Waals surface area (Å²) >= 11 is 0. The summed E-state index contributed by atoms with van der Waals surface area (Å²) in [7, 11) is 11.1. The van der Waals surface area contributed by atoms with Gasteiger partial charge in [-0.05, 0) is 12.1 Å². The molecule has 24 heavy (non-hydrogen) atoms. The van der Waals surface area contributed by atoms with Gasteiger partial charge in [0.2, 0.25) is 0 Å². The number of hydrogen-bond acceptors (Lipinski definition) is 5. The van der Waals surface area contributed by atoms with E-state index in [1.165, 1.54) is 0 Å². The van der Waals surface area contributed by atoms with Gasteiger partial charge < -0.3 is 24.4 Å². The quantitative estimate of drug-likeness (QED) is 0.882. The highest BCUT2D eigenvalue weighted by Crippen LogP contribution is 2.37. The van der Waals surface area contributed by atoms with Gasteiger partial charge in [-0.15, -0.1) is 0 Å². The fourth-order valence-electron chi connectivity index (χ4n) is 2.58. The third-order valence-electron chi connectivity index (χ3n) is 4.06. The molecule has 5 heteroatoms. The minimum absolute atomic E-state index is 0.646. The van der Waals surface area contributed by atoms with Gasteiger partial charge in [-0.1, -0.05) is 12.1 Å². The van der Waals surface area contributed by atoms with Gasteiger partial charge in [0.05, 0.1) is 14.2 Å². The van der Waals surface area contributed by atoms with E-state index in [1.807, 2.05) is 74.4 Å². The first kappa shape index (κ1) is 17.9. The summed E-state index contributed by atoms with van der Waals surface area (Å²) in [4.78, 5) is 3.98. The van der Waals surface area contributed by atoms with Crippen LogP contribution >= 0.6 is 0 Å². The number of aliphatic hydroxyl groups excluding tert-OH is 1. The first-order chi connectivity index (χ1) is 11.4. The number of aliphatic hydroxyl groups is 1. The van der Waals surface area contributed by atoms with Crippen molar-refractivity contribution < 1.29 is 14.6 Å². The second kappa shape index (κ2) is 7.45. The molecule has 0 saturated carbocycles. The number of hydrogen-bond donors (Lipinski definition) is 1. The highest BCUT2D eigenvalue weighted by atomic mass is 16.5. The van der Waals surface area contributed by atoms with Crippen LogP contribution in [0.25, 0.3) is 0 Å². The number of anilines is 2. The lowest BCUT2D eigenvalue weighted by molar-refractivity contribution is 0.209. The lowest BCUT2D eigenvalue weighted by Gasteiger charge is -2.21. The van der Waals surface area contributed by atoms with Crippen LogP contribution in [0.4, 0.5) is 11.4 Å². The normalized spacial score (nSPS) is 10.7. The molecule has 0 aromatic heterocycles. The Morgan fingerprint density at radius 3 is 1.42 bits per heavy atom. The molecule has 2 aromatic rings. The second-order valence-corrected chi connectivity index (χ2v) is 6.04. The Morgan fingerprint density at radius 1 is 0.750 bits per heavy atom. The number of methoxy groups -OCH3 is 2. The molecule has 0 spiro atoms. The number of ether oxygens (including phenoxy) is 2. The predicted octanol–water partition coefficient (Wildman–Crippen LogP) is 2.92. The molecule has 0 amide bonds. The highest BCUT2D eigenvalue weighted by molar-refractivity contribution is 5.58. The summed E-state index contributed by atoms with van der Waals surface area (Å²) in [5.41, 5.74) is 3.44. The molecule has 0 aliphatic rings. The van der Waals surface area contributed by atoms with Crippen molar-refractivity contribution in [3.8, 4) is 11.5 Å². The second-order valence-electron chi connectivity index (χ2n) is 6.04. The Morgan fingerprint density at radius 2 is 1.12 bits per heavy atom. The Hall–Kier alpha value is -2.40. The van der Waals surface area contributed by atoms with E-state index in [2.05, 4.69) is 0 Å². The molecule has 0 radical (unpaired) electrons. The minimum Gasteiger partial charge on any atom is -0.496 e. The Kier molecular flexibility index (Phi) is 5.57. The van der Waals surface area contributed by atoms with Gasteiger partial charge >= 0.3 is 0 Å². The van der Waals surface area contributed by atoms with Crippen LogP contribution in [0.1, 0.15) is 17.2 Å². The van der Waals surface area contributed by atoms with Gasteiger partial charge in [-0.25, -0.2) is 0 Å². The molecule has 5 nitrogen and oxygen atoms in total. The maximum atomic E-state index is 10.9. The Bertz CT molecular complexity index is 640. The summed E-state index contributed by atoms with van der Waals surface area (Å²) in [5, 5.41) is 10.9. The number of nitrogens with zero attached hydrogens (tertiary/aromatic N) is 2. The number of benzene rings is 2. The van der Waals surface area contributed by atoms with Gasteiger partial charge in [0.25, 0.3) is 0 Å². The minimum atomic E-state index is -0.831. The molecule has 0 aliphatic carbocycles. The van der Waals surface area contributed by atoms with Crippen LogP contribution in [0, 0.1) is 0 Å². The summed E-state index contributed by atoms with van der Waals surface area (Å²) in [5.74, 6) is 1.29. The van der Waals surface area contributed by atoms with Crippen molar-refractivity contribution >= 4 is 11.4 Å². The number of rotatable bonds is 6. The molecule has 0 fully saturated rings. The van der Waals surface area contributed by atoms with Crippen molar-refractivity contribution in [1.82, 2.24) is 0 Å². The standard InChI is InChI=1S/C19H26N2O3/c1-20(2)13-7-9-15(17(11-13)23-5)19(22)16-10-8-14(21(3)4)12-18(16)24-6/h7-12,19,22H,1-6H3. The van der Waals surface area contributed by atoms with Crippen molar-refractivity contribution in [2.75, 3.05) is 52.2 Å². The summed E-state index contributed by atoms with van der Waals surface area (Å²) < 4.78 is 11.0. The predicted molar refractivity (Wildman–Crippen MR) is 98.7 cm³/mol. The fourth-order valence-corrected chi connectivity index (χ4v) is 2.58. The van der Waals surface area contributed by atoms with Gasteiger partial charge in [-0.2, -0.15) is 0 Å². The van der Waals surface area contributed by atoms with Crippen LogP contribution in [-0.2, 0) is 0 Å². The first-order valence-electron chi connectivity index (χ1n) is 7.77. The first-order valence-corrected chi connectivity index (χ1v) is 7.77. The Labute approximate surface area is 144 Å². The molecular formula is C19H26N2O3. The van der Waals surface area contributed by atoms with E-state index in [4.69, 9.17) is 9.47 Å². The molecule has 1 N–H and O–H groups in total. The zero-order valence-corrected chi connectivity index (χ0v) is 15.2. The SMILES string of the molecule is COc1cc(N(C)C)ccc1C(O)c1ccc(N(C)C)cc1OC. The van der Waals surface area contributed by atoms with Crippen LogP contribution in [-0.4, -0.2) is 47.5 Å². The lowest BCUT2D eigenvalue weighted by atomic mass is 9.98. The fraction of sp³-hybridized carbons (Fsp3) is 0.368. The summed E-state index contributed by atoms with van der Waals surface area (Å²) in [6.45, 7) is 0. The van der Waals surface area contributed by atoms with Gasteiger partial charge in [0, 0.05) is 62.8 Å².